The first-order valence-corrected chi connectivity index (χ1v) is 15.8. The summed E-state index contributed by atoms with van der Waals surface area (Å²) in [6.45, 7) is 8.37. The molecule has 0 spiro atoms. The van der Waals surface area contributed by atoms with Crippen LogP contribution in [0.15, 0.2) is 140 Å². The number of fused-ring (bicyclic) bond motifs is 3. The Morgan fingerprint density at radius 3 is 1.24 bits per heavy atom. The van der Waals surface area contributed by atoms with Crippen LogP contribution >= 0.6 is 0 Å². The van der Waals surface area contributed by atoms with E-state index in [4.69, 9.17) is 9.31 Å². The molecular formula is C42H35BO2. The minimum Gasteiger partial charge on any atom is -0.399 e. The van der Waals surface area contributed by atoms with Gasteiger partial charge in [-0.25, -0.2) is 0 Å². The van der Waals surface area contributed by atoms with Gasteiger partial charge in [-0.2, -0.15) is 0 Å². The predicted molar refractivity (Wildman–Crippen MR) is 191 cm³/mol. The van der Waals surface area contributed by atoms with Gasteiger partial charge in [0, 0.05) is 0 Å². The van der Waals surface area contributed by atoms with E-state index < -0.39 is 0 Å². The SMILES string of the molecule is CC1(C)OB(c2ccc3cc(-c4ccc5cc(-c6cccc(-c7ccc8ccccc8c7)c6)ccc5c4)ccc3c2)OC1(C)C. The Hall–Kier alpha value is -4.70. The summed E-state index contributed by atoms with van der Waals surface area (Å²) in [5.41, 5.74) is 7.68. The molecule has 1 aliphatic rings. The number of benzene rings is 7. The van der Waals surface area contributed by atoms with E-state index in [1.54, 1.807) is 0 Å². The third-order valence-electron chi connectivity index (χ3n) is 9.84. The minimum absolute atomic E-state index is 0.352. The monoisotopic (exact) mass is 582 g/mol. The van der Waals surface area contributed by atoms with Gasteiger partial charge in [-0.05, 0) is 129 Å². The third kappa shape index (κ3) is 5.03. The van der Waals surface area contributed by atoms with Gasteiger partial charge in [0.1, 0.15) is 0 Å². The smallest absolute Gasteiger partial charge is 0.399 e. The molecule has 3 heteroatoms. The van der Waals surface area contributed by atoms with Crippen molar-refractivity contribution in [3.63, 3.8) is 0 Å². The van der Waals surface area contributed by atoms with Crippen molar-refractivity contribution in [2.24, 2.45) is 0 Å². The van der Waals surface area contributed by atoms with Crippen molar-refractivity contribution in [2.75, 3.05) is 0 Å². The van der Waals surface area contributed by atoms with Crippen molar-refractivity contribution in [2.45, 2.75) is 38.9 Å². The van der Waals surface area contributed by atoms with E-state index in [1.165, 1.54) is 65.7 Å². The Labute approximate surface area is 265 Å². The third-order valence-corrected chi connectivity index (χ3v) is 9.84. The average Bonchev–Trinajstić information content (AvgIpc) is 3.29. The average molecular weight is 583 g/mol. The molecule has 0 bridgehead atoms. The van der Waals surface area contributed by atoms with Crippen LogP contribution in [0.4, 0.5) is 0 Å². The van der Waals surface area contributed by atoms with Gasteiger partial charge in [-0.15, -0.1) is 0 Å². The lowest BCUT2D eigenvalue weighted by molar-refractivity contribution is 0.00578. The first kappa shape index (κ1) is 27.8. The molecule has 45 heavy (non-hydrogen) atoms. The maximum Gasteiger partial charge on any atom is 0.494 e. The van der Waals surface area contributed by atoms with E-state index in [-0.39, 0.29) is 18.3 Å². The van der Waals surface area contributed by atoms with Gasteiger partial charge in [-0.1, -0.05) is 109 Å². The highest BCUT2D eigenvalue weighted by Crippen LogP contribution is 2.37. The van der Waals surface area contributed by atoms with Crippen molar-refractivity contribution in [1.29, 1.82) is 0 Å². The van der Waals surface area contributed by atoms with Crippen molar-refractivity contribution in [1.82, 2.24) is 0 Å². The second-order valence-corrected chi connectivity index (χ2v) is 13.3. The van der Waals surface area contributed by atoms with Crippen LogP contribution in [0, 0.1) is 0 Å². The Balaban J connectivity index is 1.06. The molecule has 7 aromatic rings. The van der Waals surface area contributed by atoms with Gasteiger partial charge in [0.15, 0.2) is 0 Å². The molecule has 0 unspecified atom stereocenters. The lowest BCUT2D eigenvalue weighted by atomic mass is 9.78. The molecule has 2 nitrogen and oxygen atoms in total. The maximum absolute atomic E-state index is 6.29. The molecule has 1 saturated heterocycles. The molecule has 0 aromatic heterocycles. The van der Waals surface area contributed by atoms with Crippen molar-refractivity contribution in [3.05, 3.63) is 140 Å². The van der Waals surface area contributed by atoms with Crippen LogP contribution in [-0.4, -0.2) is 18.3 Å². The second kappa shape index (κ2) is 10.4. The highest BCUT2D eigenvalue weighted by Gasteiger charge is 2.51. The fraction of sp³-hybridized carbons (Fsp3) is 0.143. The maximum atomic E-state index is 6.29. The molecular weight excluding hydrogens is 547 g/mol. The van der Waals surface area contributed by atoms with Crippen LogP contribution in [0.3, 0.4) is 0 Å². The zero-order valence-corrected chi connectivity index (χ0v) is 26.2. The fourth-order valence-corrected chi connectivity index (χ4v) is 6.42. The predicted octanol–water partition coefficient (Wildman–Crippen LogP) is 10.4. The van der Waals surface area contributed by atoms with Gasteiger partial charge in [-0.3, -0.25) is 0 Å². The fourth-order valence-electron chi connectivity index (χ4n) is 6.42. The van der Waals surface area contributed by atoms with Gasteiger partial charge >= 0.3 is 7.12 Å². The summed E-state index contributed by atoms with van der Waals surface area (Å²) < 4.78 is 12.6. The highest BCUT2D eigenvalue weighted by molar-refractivity contribution is 6.62. The quantitative estimate of drug-likeness (QED) is 0.192. The van der Waals surface area contributed by atoms with E-state index in [1.807, 2.05) is 0 Å². The van der Waals surface area contributed by atoms with E-state index in [0.717, 1.165) is 5.46 Å². The Kier molecular flexibility index (Phi) is 6.46. The summed E-state index contributed by atoms with van der Waals surface area (Å²) in [7, 11) is -0.356. The van der Waals surface area contributed by atoms with Crippen LogP contribution in [-0.2, 0) is 9.31 Å². The molecule has 0 atom stereocenters. The zero-order chi connectivity index (χ0) is 30.8. The minimum atomic E-state index is -0.356. The van der Waals surface area contributed by atoms with E-state index >= 15 is 0 Å². The normalized spacial score (nSPS) is 15.7. The zero-order valence-electron chi connectivity index (χ0n) is 26.2. The molecule has 0 aliphatic carbocycles. The van der Waals surface area contributed by atoms with Crippen molar-refractivity contribution in [3.8, 4) is 33.4 Å². The van der Waals surface area contributed by atoms with Crippen LogP contribution < -0.4 is 5.46 Å². The Morgan fingerprint density at radius 1 is 0.356 bits per heavy atom. The molecule has 0 amide bonds. The molecule has 1 aliphatic heterocycles. The summed E-state index contributed by atoms with van der Waals surface area (Å²) in [5, 5.41) is 7.39. The van der Waals surface area contributed by atoms with Crippen LogP contribution in [0.5, 0.6) is 0 Å². The highest BCUT2D eigenvalue weighted by atomic mass is 16.7. The standard InChI is InChI=1S/C42H35BO2/c1-41(2)42(3,4)45-43(44-41)40-21-20-38-26-37(18-19-39(38)27-40)36-17-16-34-24-33(14-15-35(34)25-36)31-11-7-10-30(23-31)32-13-12-28-8-5-6-9-29(28)22-32/h5-27H,1-4H3. The summed E-state index contributed by atoms with van der Waals surface area (Å²) in [5.74, 6) is 0. The first-order valence-electron chi connectivity index (χ1n) is 15.8. The molecule has 0 N–H and O–H groups in total. The van der Waals surface area contributed by atoms with Gasteiger partial charge < -0.3 is 9.31 Å². The lowest BCUT2D eigenvalue weighted by Crippen LogP contribution is -2.41. The van der Waals surface area contributed by atoms with E-state index in [2.05, 4.69) is 167 Å². The largest absolute Gasteiger partial charge is 0.494 e. The van der Waals surface area contributed by atoms with Crippen LogP contribution in [0.25, 0.3) is 65.7 Å². The van der Waals surface area contributed by atoms with E-state index in [9.17, 15) is 0 Å². The molecule has 0 radical (unpaired) electrons. The van der Waals surface area contributed by atoms with Gasteiger partial charge in [0.2, 0.25) is 0 Å². The molecule has 7 aromatic carbocycles. The molecule has 8 rings (SSSR count). The van der Waals surface area contributed by atoms with Crippen LogP contribution in [0.2, 0.25) is 0 Å². The van der Waals surface area contributed by atoms with Gasteiger partial charge in [0.05, 0.1) is 11.2 Å². The summed E-state index contributed by atoms with van der Waals surface area (Å²) in [4.78, 5) is 0. The summed E-state index contributed by atoms with van der Waals surface area (Å²) in [6.07, 6.45) is 0. The summed E-state index contributed by atoms with van der Waals surface area (Å²) in [6, 6.07) is 50.8. The number of hydrogen-bond acceptors (Lipinski definition) is 2. The topological polar surface area (TPSA) is 18.5 Å². The number of rotatable bonds is 4. The van der Waals surface area contributed by atoms with Crippen molar-refractivity contribution >= 4 is 44.9 Å². The second-order valence-electron chi connectivity index (χ2n) is 13.3. The summed E-state index contributed by atoms with van der Waals surface area (Å²) >= 11 is 0. The molecule has 1 heterocycles. The lowest BCUT2D eigenvalue weighted by Gasteiger charge is -2.32. The van der Waals surface area contributed by atoms with E-state index in [0.29, 0.717) is 0 Å². The number of hydrogen-bond donors (Lipinski definition) is 0. The molecule has 1 fully saturated rings. The Morgan fingerprint density at radius 2 is 0.733 bits per heavy atom. The molecule has 0 saturated carbocycles. The Bertz CT molecular complexity index is 2230. The molecule has 218 valence electrons. The van der Waals surface area contributed by atoms with Crippen molar-refractivity contribution < 1.29 is 9.31 Å². The van der Waals surface area contributed by atoms with Gasteiger partial charge in [0.25, 0.3) is 0 Å². The van der Waals surface area contributed by atoms with Crippen LogP contribution in [0.1, 0.15) is 27.7 Å². The first-order chi connectivity index (χ1) is 21.7.